The molecule has 0 unspecified atom stereocenters. The Labute approximate surface area is 181 Å². The highest BCUT2D eigenvalue weighted by Crippen LogP contribution is 2.37. The lowest BCUT2D eigenvalue weighted by molar-refractivity contribution is 0.475. The highest BCUT2D eigenvalue weighted by atomic mass is 32.2. The SMILES string of the molecule is CCS(=O)(=O)Cc1ccc2c(c1)-c1cn(C)c(=O)cc1[C@H](C)N=C2c1ccc(O)cc1. The van der Waals surface area contributed by atoms with Crippen LogP contribution in [-0.4, -0.2) is 29.6 Å². The Bertz CT molecular complexity index is 1350. The lowest BCUT2D eigenvalue weighted by atomic mass is 9.91. The van der Waals surface area contributed by atoms with Crippen LogP contribution in [0, 0.1) is 0 Å². The predicted molar refractivity (Wildman–Crippen MR) is 122 cm³/mol. The van der Waals surface area contributed by atoms with Crippen LogP contribution in [0.1, 0.15) is 42.1 Å². The largest absolute Gasteiger partial charge is 0.508 e. The summed E-state index contributed by atoms with van der Waals surface area (Å²) in [5.41, 5.74) is 5.49. The van der Waals surface area contributed by atoms with Crippen LogP contribution in [0.25, 0.3) is 11.1 Å². The first kappa shape index (κ1) is 21.1. The zero-order valence-electron chi connectivity index (χ0n) is 17.7. The number of phenols is 1. The number of phenolic OH excluding ortho intramolecular Hbond substituents is 1. The molecule has 31 heavy (non-hydrogen) atoms. The van der Waals surface area contributed by atoms with Crippen molar-refractivity contribution >= 4 is 15.5 Å². The quantitative estimate of drug-likeness (QED) is 0.677. The van der Waals surface area contributed by atoms with Crippen molar-refractivity contribution in [3.05, 3.63) is 87.3 Å². The summed E-state index contributed by atoms with van der Waals surface area (Å²) in [6, 6.07) is 13.7. The number of rotatable bonds is 4. The summed E-state index contributed by atoms with van der Waals surface area (Å²) in [6.07, 6.45) is 1.79. The van der Waals surface area contributed by atoms with Crippen LogP contribution >= 0.6 is 0 Å². The first-order valence-electron chi connectivity index (χ1n) is 10.1. The third-order valence-corrected chi connectivity index (χ3v) is 7.28. The first-order chi connectivity index (χ1) is 14.7. The van der Waals surface area contributed by atoms with E-state index in [9.17, 15) is 18.3 Å². The van der Waals surface area contributed by atoms with E-state index in [0.29, 0.717) is 5.56 Å². The van der Waals surface area contributed by atoms with Gasteiger partial charge in [-0.25, -0.2) is 8.42 Å². The second-order valence-electron chi connectivity index (χ2n) is 7.85. The zero-order valence-corrected chi connectivity index (χ0v) is 18.5. The summed E-state index contributed by atoms with van der Waals surface area (Å²) < 4.78 is 26.0. The molecular weight excluding hydrogens is 412 g/mol. The maximum atomic E-state index is 12.4. The number of hydrogen-bond donors (Lipinski definition) is 1. The van der Waals surface area contributed by atoms with Crippen molar-refractivity contribution in [1.29, 1.82) is 0 Å². The normalized spacial score (nSPS) is 15.6. The van der Waals surface area contributed by atoms with Crippen LogP contribution in [0.5, 0.6) is 5.75 Å². The predicted octanol–water partition coefficient (Wildman–Crippen LogP) is 3.60. The van der Waals surface area contributed by atoms with Gasteiger partial charge in [-0.1, -0.05) is 19.1 Å². The summed E-state index contributed by atoms with van der Waals surface area (Å²) in [5, 5.41) is 9.69. The lowest BCUT2D eigenvalue weighted by Crippen LogP contribution is -2.17. The molecule has 0 fully saturated rings. The average Bonchev–Trinajstić information content (AvgIpc) is 2.84. The molecule has 0 saturated carbocycles. The van der Waals surface area contributed by atoms with E-state index in [4.69, 9.17) is 4.99 Å². The molecule has 0 spiro atoms. The fourth-order valence-electron chi connectivity index (χ4n) is 3.86. The number of hydrogen-bond acceptors (Lipinski definition) is 5. The van der Waals surface area contributed by atoms with Gasteiger partial charge in [-0.3, -0.25) is 9.79 Å². The first-order valence-corrected chi connectivity index (χ1v) is 11.9. The molecule has 4 rings (SSSR count). The highest BCUT2D eigenvalue weighted by Gasteiger charge is 2.24. The van der Waals surface area contributed by atoms with E-state index in [0.717, 1.165) is 33.5 Å². The van der Waals surface area contributed by atoms with Crippen molar-refractivity contribution in [2.75, 3.05) is 5.75 Å². The molecular formula is C24H24N2O4S. The van der Waals surface area contributed by atoms with Crippen molar-refractivity contribution < 1.29 is 13.5 Å². The molecule has 1 aromatic heterocycles. The van der Waals surface area contributed by atoms with E-state index < -0.39 is 9.84 Å². The van der Waals surface area contributed by atoms with Crippen molar-refractivity contribution in [1.82, 2.24) is 4.57 Å². The molecule has 2 heterocycles. The minimum absolute atomic E-state index is 0.0425. The van der Waals surface area contributed by atoms with E-state index in [1.165, 1.54) is 4.57 Å². The second-order valence-corrected chi connectivity index (χ2v) is 10.2. The van der Waals surface area contributed by atoms with E-state index in [1.807, 2.05) is 25.1 Å². The molecule has 0 aliphatic carbocycles. The minimum Gasteiger partial charge on any atom is -0.508 e. The molecule has 1 N–H and O–H groups in total. The lowest BCUT2D eigenvalue weighted by Gasteiger charge is -2.15. The van der Waals surface area contributed by atoms with Gasteiger partial charge in [0, 0.05) is 41.8 Å². The Hall–Kier alpha value is -3.19. The average molecular weight is 437 g/mol. The van der Waals surface area contributed by atoms with Crippen LogP contribution in [0.15, 0.2) is 64.5 Å². The summed E-state index contributed by atoms with van der Waals surface area (Å²) in [7, 11) is -1.50. The van der Waals surface area contributed by atoms with E-state index in [-0.39, 0.29) is 28.9 Å². The fraction of sp³-hybridized carbons (Fsp3) is 0.250. The van der Waals surface area contributed by atoms with Crippen molar-refractivity contribution in [2.24, 2.45) is 12.0 Å². The van der Waals surface area contributed by atoms with Crippen molar-refractivity contribution in [2.45, 2.75) is 25.6 Å². The summed E-state index contributed by atoms with van der Waals surface area (Å²) in [4.78, 5) is 17.3. The smallest absolute Gasteiger partial charge is 0.250 e. The number of aryl methyl sites for hydroxylation is 1. The number of aliphatic imine (C=N–C) groups is 1. The van der Waals surface area contributed by atoms with Gasteiger partial charge in [0.15, 0.2) is 9.84 Å². The van der Waals surface area contributed by atoms with Crippen LogP contribution in [-0.2, 0) is 22.6 Å². The Morgan fingerprint density at radius 3 is 2.42 bits per heavy atom. The maximum absolute atomic E-state index is 12.4. The van der Waals surface area contributed by atoms with Gasteiger partial charge >= 0.3 is 0 Å². The molecule has 2 aromatic carbocycles. The van der Waals surface area contributed by atoms with Gasteiger partial charge in [0.05, 0.1) is 17.5 Å². The molecule has 0 amide bonds. The molecule has 0 saturated heterocycles. The van der Waals surface area contributed by atoms with Gasteiger partial charge < -0.3 is 9.67 Å². The van der Waals surface area contributed by atoms with Gasteiger partial charge in [0.25, 0.3) is 5.56 Å². The van der Waals surface area contributed by atoms with Crippen LogP contribution in [0.4, 0.5) is 0 Å². The zero-order chi connectivity index (χ0) is 22.3. The van der Waals surface area contributed by atoms with Crippen LogP contribution in [0.2, 0.25) is 0 Å². The van der Waals surface area contributed by atoms with E-state index in [2.05, 4.69) is 0 Å². The Balaban J connectivity index is 2.00. The van der Waals surface area contributed by atoms with Crippen molar-refractivity contribution in [3.8, 4) is 16.9 Å². The number of fused-ring (bicyclic) bond motifs is 3. The third kappa shape index (κ3) is 4.05. The molecule has 160 valence electrons. The number of benzene rings is 2. The number of pyridine rings is 1. The molecule has 0 radical (unpaired) electrons. The molecule has 1 aliphatic heterocycles. The van der Waals surface area contributed by atoms with Crippen molar-refractivity contribution in [3.63, 3.8) is 0 Å². The van der Waals surface area contributed by atoms with Crippen LogP contribution < -0.4 is 5.56 Å². The topological polar surface area (TPSA) is 88.7 Å². The number of aromatic nitrogens is 1. The van der Waals surface area contributed by atoms with E-state index >= 15 is 0 Å². The van der Waals surface area contributed by atoms with Gasteiger partial charge in [-0.15, -0.1) is 0 Å². The fourth-order valence-corrected chi connectivity index (χ4v) is 4.76. The highest BCUT2D eigenvalue weighted by molar-refractivity contribution is 7.90. The van der Waals surface area contributed by atoms with Crippen LogP contribution in [0.3, 0.4) is 0 Å². The standard InChI is InChI=1S/C24H24N2O4S/c1-4-31(29,30)14-16-5-10-19-21(11-16)22-13-26(3)23(28)12-20(22)15(2)25-24(19)17-6-8-18(27)9-7-17/h5-13,15,27H,4,14H2,1-3H3/t15-/m0/s1. The third-order valence-electron chi connectivity index (χ3n) is 5.63. The van der Waals surface area contributed by atoms with Gasteiger partial charge in [0.2, 0.25) is 0 Å². The Kier molecular flexibility index (Phi) is 5.31. The monoisotopic (exact) mass is 436 g/mol. The number of nitrogens with zero attached hydrogens (tertiary/aromatic N) is 2. The molecule has 1 atom stereocenters. The summed E-state index contributed by atoms with van der Waals surface area (Å²) >= 11 is 0. The minimum atomic E-state index is -3.19. The number of aromatic hydroxyl groups is 1. The molecule has 3 aromatic rings. The molecule has 6 nitrogen and oxygen atoms in total. The molecule has 0 bridgehead atoms. The van der Waals surface area contributed by atoms with Gasteiger partial charge in [-0.05, 0) is 53.9 Å². The van der Waals surface area contributed by atoms with E-state index in [1.54, 1.807) is 50.5 Å². The maximum Gasteiger partial charge on any atom is 0.250 e. The Morgan fingerprint density at radius 1 is 1.03 bits per heavy atom. The van der Waals surface area contributed by atoms with Gasteiger partial charge in [0.1, 0.15) is 5.75 Å². The summed E-state index contributed by atoms with van der Waals surface area (Å²) in [6.45, 7) is 3.58. The molecule has 1 aliphatic rings. The summed E-state index contributed by atoms with van der Waals surface area (Å²) in [5.74, 6) is 0.198. The second kappa shape index (κ2) is 7.81. The number of sulfone groups is 1. The Morgan fingerprint density at radius 2 is 1.74 bits per heavy atom. The molecule has 7 heteroatoms. The van der Waals surface area contributed by atoms with Gasteiger partial charge in [-0.2, -0.15) is 0 Å².